The summed E-state index contributed by atoms with van der Waals surface area (Å²) in [6, 6.07) is 9.19. The fourth-order valence-corrected chi connectivity index (χ4v) is 3.04. The van der Waals surface area contributed by atoms with E-state index >= 15 is 0 Å². The highest BCUT2D eigenvalue weighted by Gasteiger charge is 2.35. The van der Waals surface area contributed by atoms with Crippen molar-refractivity contribution in [2.75, 3.05) is 16.8 Å². The average molecular weight is 376 g/mol. The predicted octanol–water partition coefficient (Wildman–Crippen LogP) is 4.22. The Morgan fingerprint density at radius 2 is 1.89 bits per heavy atom. The largest absolute Gasteiger partial charge is 0.323 e. The van der Waals surface area contributed by atoms with Gasteiger partial charge in [0, 0.05) is 18.7 Å². The van der Waals surface area contributed by atoms with Gasteiger partial charge in [-0.2, -0.15) is 0 Å². The van der Waals surface area contributed by atoms with Crippen LogP contribution in [0.2, 0.25) is 0 Å². The molecule has 3 rings (SSSR count). The molecule has 0 aromatic heterocycles. The lowest BCUT2D eigenvalue weighted by Crippen LogP contribution is -2.28. The molecule has 2 amide bonds. The number of carbonyl (C=O) groups is 2. The molecule has 4 nitrogen and oxygen atoms in total. The van der Waals surface area contributed by atoms with Crippen molar-refractivity contribution in [3.8, 4) is 0 Å². The number of rotatable bonds is 4. The minimum absolute atomic E-state index is 0.0387. The topological polar surface area (TPSA) is 49.4 Å². The van der Waals surface area contributed by atoms with E-state index in [9.17, 15) is 22.8 Å². The minimum atomic E-state index is -1.65. The van der Waals surface area contributed by atoms with E-state index in [1.807, 2.05) is 32.0 Å². The first-order valence-corrected chi connectivity index (χ1v) is 8.62. The van der Waals surface area contributed by atoms with Crippen molar-refractivity contribution in [2.45, 2.75) is 26.2 Å². The van der Waals surface area contributed by atoms with Gasteiger partial charge in [-0.25, -0.2) is 13.2 Å². The number of benzene rings is 2. The van der Waals surface area contributed by atoms with E-state index in [1.165, 1.54) is 4.90 Å². The van der Waals surface area contributed by atoms with Gasteiger partial charge < -0.3 is 10.2 Å². The zero-order valence-corrected chi connectivity index (χ0v) is 14.9. The normalized spacial score (nSPS) is 16.9. The maximum Gasteiger partial charge on any atom is 0.229 e. The van der Waals surface area contributed by atoms with Crippen LogP contribution in [0.3, 0.4) is 0 Å². The molecule has 1 aliphatic heterocycles. The monoisotopic (exact) mass is 376 g/mol. The van der Waals surface area contributed by atoms with Crippen LogP contribution in [0.4, 0.5) is 24.5 Å². The number of anilines is 2. The van der Waals surface area contributed by atoms with Crippen molar-refractivity contribution in [3.63, 3.8) is 0 Å². The van der Waals surface area contributed by atoms with Crippen molar-refractivity contribution in [2.24, 2.45) is 5.92 Å². The van der Waals surface area contributed by atoms with Gasteiger partial charge in [-0.15, -0.1) is 0 Å². The fraction of sp³-hybridized carbons (Fsp3) is 0.300. The Hall–Kier alpha value is -2.83. The number of amides is 2. The van der Waals surface area contributed by atoms with Crippen LogP contribution >= 0.6 is 0 Å². The molecule has 27 heavy (non-hydrogen) atoms. The molecular weight excluding hydrogens is 357 g/mol. The molecule has 1 fully saturated rings. The molecule has 1 heterocycles. The van der Waals surface area contributed by atoms with Gasteiger partial charge in [0.1, 0.15) is 0 Å². The van der Waals surface area contributed by atoms with Gasteiger partial charge >= 0.3 is 0 Å². The molecule has 142 valence electrons. The van der Waals surface area contributed by atoms with Crippen LogP contribution in [-0.4, -0.2) is 18.4 Å². The lowest BCUT2D eigenvalue weighted by atomic mass is 10.0. The standard InChI is InChI=1S/C20H19F3N2O2/c1-11(2)12-4-3-5-14(8-12)25-10-13(9-17(25)26)20(27)24-16-7-6-15(21)18(22)19(16)23/h3-8,11,13H,9-10H2,1-2H3,(H,24,27). The third-order valence-electron chi connectivity index (χ3n) is 4.64. The lowest BCUT2D eigenvalue weighted by molar-refractivity contribution is -0.122. The highest BCUT2D eigenvalue weighted by molar-refractivity contribution is 6.03. The summed E-state index contributed by atoms with van der Waals surface area (Å²) < 4.78 is 40.0. The predicted molar refractivity (Wildman–Crippen MR) is 95.9 cm³/mol. The Morgan fingerprint density at radius 3 is 2.59 bits per heavy atom. The van der Waals surface area contributed by atoms with E-state index in [4.69, 9.17) is 0 Å². The molecule has 0 radical (unpaired) electrons. The summed E-state index contributed by atoms with van der Waals surface area (Å²) in [6.45, 7) is 4.21. The van der Waals surface area contributed by atoms with Gasteiger partial charge in [0.25, 0.3) is 0 Å². The van der Waals surface area contributed by atoms with Gasteiger partial charge in [0.2, 0.25) is 11.8 Å². The SMILES string of the molecule is CC(C)c1cccc(N2CC(C(=O)Nc3ccc(F)c(F)c3F)CC2=O)c1. The number of carbonyl (C=O) groups excluding carboxylic acids is 2. The first kappa shape index (κ1) is 18.9. The molecule has 2 aromatic carbocycles. The van der Waals surface area contributed by atoms with Crippen LogP contribution in [0.25, 0.3) is 0 Å². The Morgan fingerprint density at radius 1 is 1.15 bits per heavy atom. The molecule has 2 aromatic rings. The Balaban J connectivity index is 1.74. The Kier molecular flexibility index (Phi) is 5.21. The molecule has 1 atom stereocenters. The number of nitrogens with one attached hydrogen (secondary N) is 1. The van der Waals surface area contributed by atoms with Crippen molar-refractivity contribution in [3.05, 3.63) is 59.4 Å². The molecule has 1 unspecified atom stereocenters. The van der Waals surface area contributed by atoms with Crippen molar-refractivity contribution in [1.82, 2.24) is 0 Å². The highest BCUT2D eigenvalue weighted by Crippen LogP contribution is 2.29. The van der Waals surface area contributed by atoms with Crippen molar-refractivity contribution in [1.29, 1.82) is 0 Å². The summed E-state index contributed by atoms with van der Waals surface area (Å²) in [5, 5.41) is 2.24. The van der Waals surface area contributed by atoms with Crippen LogP contribution in [0.15, 0.2) is 36.4 Å². The van der Waals surface area contributed by atoms with Gasteiger partial charge in [0.15, 0.2) is 17.5 Å². The Labute approximate surface area is 155 Å². The Bertz CT molecular complexity index is 899. The molecule has 0 bridgehead atoms. The maximum atomic E-state index is 13.7. The van der Waals surface area contributed by atoms with E-state index in [-0.39, 0.29) is 24.8 Å². The summed E-state index contributed by atoms with van der Waals surface area (Å²) in [5.41, 5.74) is 1.31. The zero-order valence-electron chi connectivity index (χ0n) is 14.9. The van der Waals surface area contributed by atoms with Crippen LogP contribution in [0.5, 0.6) is 0 Å². The summed E-state index contributed by atoms with van der Waals surface area (Å²) in [7, 11) is 0. The van der Waals surface area contributed by atoms with Gasteiger partial charge in [-0.1, -0.05) is 26.0 Å². The number of hydrogen-bond donors (Lipinski definition) is 1. The van der Waals surface area contributed by atoms with E-state index < -0.39 is 35.0 Å². The lowest BCUT2D eigenvalue weighted by Gasteiger charge is -2.18. The third kappa shape index (κ3) is 3.82. The van der Waals surface area contributed by atoms with Crippen molar-refractivity contribution >= 4 is 23.2 Å². The smallest absolute Gasteiger partial charge is 0.229 e. The fourth-order valence-electron chi connectivity index (χ4n) is 3.04. The molecule has 7 heteroatoms. The molecule has 1 saturated heterocycles. The third-order valence-corrected chi connectivity index (χ3v) is 4.64. The molecular formula is C20H19F3N2O2. The second-order valence-corrected chi connectivity index (χ2v) is 6.87. The highest BCUT2D eigenvalue weighted by atomic mass is 19.2. The van der Waals surface area contributed by atoms with E-state index in [1.54, 1.807) is 6.07 Å². The number of halogens is 3. The molecule has 1 aliphatic rings. The first-order valence-electron chi connectivity index (χ1n) is 8.62. The zero-order chi connectivity index (χ0) is 19.7. The minimum Gasteiger partial charge on any atom is -0.323 e. The molecule has 0 saturated carbocycles. The van der Waals surface area contributed by atoms with Crippen LogP contribution in [0.1, 0.15) is 31.7 Å². The summed E-state index contributed by atoms with van der Waals surface area (Å²) in [6.07, 6.45) is -0.0387. The number of nitrogens with zero attached hydrogens (tertiary/aromatic N) is 1. The maximum absolute atomic E-state index is 13.7. The summed E-state index contributed by atoms with van der Waals surface area (Å²) in [4.78, 5) is 26.3. The molecule has 1 N–H and O–H groups in total. The van der Waals surface area contributed by atoms with Crippen molar-refractivity contribution < 1.29 is 22.8 Å². The van der Waals surface area contributed by atoms with E-state index in [0.29, 0.717) is 5.69 Å². The van der Waals surface area contributed by atoms with E-state index in [2.05, 4.69) is 5.32 Å². The molecule has 0 spiro atoms. The van der Waals surface area contributed by atoms with Crippen LogP contribution in [-0.2, 0) is 9.59 Å². The molecule has 0 aliphatic carbocycles. The van der Waals surface area contributed by atoms with Gasteiger partial charge in [-0.3, -0.25) is 9.59 Å². The number of hydrogen-bond acceptors (Lipinski definition) is 2. The van der Waals surface area contributed by atoms with Crippen LogP contribution < -0.4 is 10.2 Å². The van der Waals surface area contributed by atoms with Gasteiger partial charge in [-0.05, 0) is 35.7 Å². The summed E-state index contributed by atoms with van der Waals surface area (Å²) >= 11 is 0. The van der Waals surface area contributed by atoms with Crippen LogP contribution in [0, 0.1) is 23.4 Å². The first-order chi connectivity index (χ1) is 12.8. The summed E-state index contributed by atoms with van der Waals surface area (Å²) in [5.74, 6) is -5.71. The van der Waals surface area contributed by atoms with E-state index in [0.717, 1.165) is 17.7 Å². The van der Waals surface area contributed by atoms with Gasteiger partial charge in [0.05, 0.1) is 11.6 Å². The second kappa shape index (κ2) is 7.42. The second-order valence-electron chi connectivity index (χ2n) is 6.87. The average Bonchev–Trinajstić information content (AvgIpc) is 3.04. The quantitative estimate of drug-likeness (QED) is 0.813.